The predicted octanol–water partition coefficient (Wildman–Crippen LogP) is 7.51. The van der Waals surface area contributed by atoms with Gasteiger partial charge in [0.05, 0.1) is 17.4 Å². The van der Waals surface area contributed by atoms with Gasteiger partial charge in [-0.2, -0.15) is 0 Å². The standard InChI is InChI=1S/C31H25Cl2N3O2S/c1-35-16-22(14-19-2-7-23(32)8-3-19)29-25(17-35)30(20-4-9-24(33)10-5-20)36-26(18-39-31(36)34-29)21-6-11-27-28(15-21)38-13-12-37-27/h2-11,14-15,18,30H,12-13,16-17H2,1H3/b22-14+/t30-/m0/s1. The fraction of sp³-hybridized carbons (Fsp3) is 0.194. The third kappa shape index (κ3) is 4.66. The highest BCUT2D eigenvalue weighted by Crippen LogP contribution is 2.50. The van der Waals surface area contributed by atoms with Crippen molar-refractivity contribution >= 4 is 51.9 Å². The maximum atomic E-state index is 6.32. The Labute approximate surface area is 242 Å². The van der Waals surface area contributed by atoms with E-state index in [1.54, 1.807) is 11.8 Å². The number of ether oxygens (including phenoxy) is 2. The summed E-state index contributed by atoms with van der Waals surface area (Å²) in [6.45, 7) is 2.76. The molecule has 0 unspecified atom stereocenters. The second-order valence-corrected chi connectivity index (χ2v) is 11.7. The molecule has 0 bridgehead atoms. The minimum absolute atomic E-state index is 0.0319. The molecule has 0 aromatic heterocycles. The molecule has 1 atom stereocenters. The van der Waals surface area contributed by atoms with Crippen LogP contribution >= 0.6 is 35.0 Å². The summed E-state index contributed by atoms with van der Waals surface area (Å²) in [5.74, 6) is 1.56. The number of rotatable bonds is 3. The molecule has 8 heteroatoms. The van der Waals surface area contributed by atoms with Crippen LogP contribution in [0.1, 0.15) is 22.7 Å². The van der Waals surface area contributed by atoms with Crippen molar-refractivity contribution in [2.75, 3.05) is 33.4 Å². The fourth-order valence-corrected chi connectivity index (χ4v) is 6.72. The number of aliphatic imine (C=N–C) groups is 1. The Morgan fingerprint density at radius 3 is 2.38 bits per heavy atom. The third-order valence-electron chi connectivity index (χ3n) is 7.26. The number of thioether (sulfide) groups is 1. The lowest BCUT2D eigenvalue weighted by molar-refractivity contribution is 0.171. The Morgan fingerprint density at radius 1 is 0.897 bits per heavy atom. The first kappa shape index (κ1) is 24.9. The van der Waals surface area contributed by atoms with Gasteiger partial charge in [-0.25, -0.2) is 4.99 Å². The molecule has 0 saturated heterocycles. The summed E-state index contributed by atoms with van der Waals surface area (Å²) < 4.78 is 11.7. The molecule has 4 aliphatic rings. The van der Waals surface area contributed by atoms with Crippen molar-refractivity contribution in [1.29, 1.82) is 0 Å². The molecular formula is C31H25Cl2N3O2S. The highest BCUT2D eigenvalue weighted by Gasteiger charge is 2.41. The minimum Gasteiger partial charge on any atom is -0.486 e. The van der Waals surface area contributed by atoms with E-state index in [1.807, 2.05) is 30.3 Å². The zero-order chi connectivity index (χ0) is 26.5. The van der Waals surface area contributed by atoms with E-state index in [1.165, 1.54) is 16.7 Å². The van der Waals surface area contributed by atoms with Crippen LogP contribution in [0.2, 0.25) is 10.0 Å². The van der Waals surface area contributed by atoms with E-state index < -0.39 is 0 Å². The van der Waals surface area contributed by atoms with Gasteiger partial charge in [-0.3, -0.25) is 4.90 Å². The highest BCUT2D eigenvalue weighted by atomic mass is 35.5. The zero-order valence-corrected chi connectivity index (χ0v) is 23.6. The first-order valence-corrected chi connectivity index (χ1v) is 14.5. The van der Waals surface area contributed by atoms with Crippen molar-refractivity contribution in [3.8, 4) is 11.5 Å². The molecule has 196 valence electrons. The van der Waals surface area contributed by atoms with Crippen molar-refractivity contribution < 1.29 is 9.47 Å². The van der Waals surface area contributed by atoms with Gasteiger partial charge in [0, 0.05) is 34.1 Å². The number of halogens is 2. The van der Waals surface area contributed by atoms with E-state index in [9.17, 15) is 0 Å². The minimum atomic E-state index is -0.0319. The molecule has 0 amide bonds. The fourth-order valence-electron chi connectivity index (χ4n) is 5.54. The largest absolute Gasteiger partial charge is 0.486 e. The summed E-state index contributed by atoms with van der Waals surface area (Å²) in [7, 11) is 2.16. The number of hydrogen-bond acceptors (Lipinski definition) is 6. The van der Waals surface area contributed by atoms with Crippen molar-refractivity contribution in [2.24, 2.45) is 4.99 Å². The van der Waals surface area contributed by atoms with Crippen LogP contribution in [0.15, 0.2) is 94.0 Å². The van der Waals surface area contributed by atoms with E-state index >= 15 is 0 Å². The van der Waals surface area contributed by atoms with Crippen molar-refractivity contribution in [1.82, 2.24) is 9.80 Å². The number of nitrogens with zero attached hydrogens (tertiary/aromatic N) is 3. The van der Waals surface area contributed by atoms with Crippen LogP contribution in [-0.4, -0.2) is 48.3 Å². The maximum Gasteiger partial charge on any atom is 0.174 e. The van der Waals surface area contributed by atoms with Crippen LogP contribution in [0.25, 0.3) is 11.8 Å². The zero-order valence-electron chi connectivity index (χ0n) is 21.2. The smallest absolute Gasteiger partial charge is 0.174 e. The average Bonchev–Trinajstić information content (AvgIpc) is 3.37. The number of hydrogen-bond donors (Lipinski definition) is 0. The lowest BCUT2D eigenvalue weighted by Gasteiger charge is -2.42. The SMILES string of the molecule is CN1CC2=C(N=C3SC=C(c4ccc5c(c4)OCCO5)N3[C@H]2c2ccc(Cl)cc2)/C(=C/c2ccc(Cl)cc2)C1. The average molecular weight is 575 g/mol. The monoisotopic (exact) mass is 573 g/mol. The van der Waals surface area contributed by atoms with Crippen molar-refractivity contribution in [3.63, 3.8) is 0 Å². The molecule has 0 saturated carbocycles. The summed E-state index contributed by atoms with van der Waals surface area (Å²) in [4.78, 5) is 9.99. The number of amidine groups is 1. The van der Waals surface area contributed by atoms with Gasteiger partial charge in [-0.1, -0.05) is 59.2 Å². The molecule has 0 aliphatic carbocycles. The Morgan fingerprint density at radius 2 is 1.62 bits per heavy atom. The second kappa shape index (κ2) is 10.1. The summed E-state index contributed by atoms with van der Waals surface area (Å²) >= 11 is 14.1. The summed E-state index contributed by atoms with van der Waals surface area (Å²) in [6, 6.07) is 22.3. The van der Waals surface area contributed by atoms with Crippen LogP contribution in [-0.2, 0) is 0 Å². The van der Waals surface area contributed by atoms with Crippen LogP contribution in [0.5, 0.6) is 11.5 Å². The molecule has 0 fully saturated rings. The van der Waals surface area contributed by atoms with Crippen LogP contribution in [0, 0.1) is 0 Å². The molecule has 7 rings (SSSR count). The van der Waals surface area contributed by atoms with E-state index in [0.29, 0.717) is 13.2 Å². The number of likely N-dealkylation sites (N-methyl/N-ethyl adjacent to an activating group) is 1. The van der Waals surface area contributed by atoms with Gasteiger partial charge in [-0.05, 0) is 77.9 Å². The molecule has 4 aliphatic heterocycles. The summed E-state index contributed by atoms with van der Waals surface area (Å²) in [5.41, 5.74) is 7.97. The normalized spacial score (nSPS) is 21.5. The number of benzene rings is 3. The molecule has 5 nitrogen and oxygen atoms in total. The maximum absolute atomic E-state index is 6.32. The third-order valence-corrected chi connectivity index (χ3v) is 8.60. The first-order chi connectivity index (χ1) is 19.0. The topological polar surface area (TPSA) is 37.3 Å². The number of fused-ring (bicyclic) bond motifs is 2. The summed E-state index contributed by atoms with van der Waals surface area (Å²) in [5, 5.41) is 4.61. The Kier molecular flexibility index (Phi) is 6.44. The van der Waals surface area contributed by atoms with Gasteiger partial charge < -0.3 is 14.4 Å². The molecule has 0 spiro atoms. The van der Waals surface area contributed by atoms with Gasteiger partial charge in [0.1, 0.15) is 13.2 Å². The van der Waals surface area contributed by atoms with E-state index in [2.05, 4.69) is 64.7 Å². The van der Waals surface area contributed by atoms with Crippen LogP contribution in [0.3, 0.4) is 0 Å². The van der Waals surface area contributed by atoms with Crippen molar-refractivity contribution in [3.05, 3.63) is 116 Å². The van der Waals surface area contributed by atoms with Crippen LogP contribution < -0.4 is 9.47 Å². The van der Waals surface area contributed by atoms with Gasteiger partial charge in [-0.15, -0.1) is 0 Å². The van der Waals surface area contributed by atoms with E-state index in [4.69, 9.17) is 37.7 Å². The first-order valence-electron chi connectivity index (χ1n) is 12.8. The highest BCUT2D eigenvalue weighted by molar-refractivity contribution is 8.16. The van der Waals surface area contributed by atoms with Gasteiger partial charge in [0.25, 0.3) is 0 Å². The molecule has 4 heterocycles. The van der Waals surface area contributed by atoms with Gasteiger partial charge in [0.15, 0.2) is 16.7 Å². The lowest BCUT2D eigenvalue weighted by atomic mass is 9.88. The van der Waals surface area contributed by atoms with Crippen molar-refractivity contribution in [2.45, 2.75) is 6.04 Å². The Hall–Kier alpha value is -3.16. The molecule has 3 aromatic carbocycles. The van der Waals surface area contributed by atoms with E-state index in [0.717, 1.165) is 62.3 Å². The van der Waals surface area contributed by atoms with Gasteiger partial charge >= 0.3 is 0 Å². The lowest BCUT2D eigenvalue weighted by Crippen LogP contribution is -2.40. The molecule has 0 N–H and O–H groups in total. The second-order valence-electron chi connectivity index (χ2n) is 9.97. The molecule has 39 heavy (non-hydrogen) atoms. The Bertz CT molecular complexity index is 1580. The van der Waals surface area contributed by atoms with Gasteiger partial charge in [0.2, 0.25) is 0 Å². The predicted molar refractivity (Wildman–Crippen MR) is 160 cm³/mol. The molecule has 0 radical (unpaired) electrons. The van der Waals surface area contributed by atoms with E-state index in [-0.39, 0.29) is 6.04 Å². The van der Waals surface area contributed by atoms with Crippen LogP contribution in [0.4, 0.5) is 0 Å². The molecular weight excluding hydrogens is 549 g/mol. The Balaban J connectivity index is 1.36. The summed E-state index contributed by atoms with van der Waals surface area (Å²) in [6.07, 6.45) is 2.23. The molecule has 3 aromatic rings. The quantitative estimate of drug-likeness (QED) is 0.324.